The number of anilines is 1. The fourth-order valence-corrected chi connectivity index (χ4v) is 0.983. The molecule has 0 aromatic carbocycles. The third-order valence-corrected chi connectivity index (χ3v) is 1.52. The Kier molecular flexibility index (Phi) is 3.99. The van der Waals surface area contributed by atoms with Gasteiger partial charge in [-0.05, 0) is 22.0 Å². The quantitative estimate of drug-likeness (QED) is 0.796. The molecule has 0 spiro atoms. The molecular weight excluding hydrogens is 247 g/mol. The summed E-state index contributed by atoms with van der Waals surface area (Å²) in [5.41, 5.74) is 5.39. The van der Waals surface area contributed by atoms with E-state index in [9.17, 15) is 4.79 Å². The van der Waals surface area contributed by atoms with Crippen LogP contribution in [0.2, 0.25) is 0 Å². The van der Waals surface area contributed by atoms with Crippen LogP contribution in [0, 0.1) is 0 Å². The minimum atomic E-state index is -1.12. The highest BCUT2D eigenvalue weighted by atomic mass is 79.9. The molecule has 0 aliphatic carbocycles. The molecule has 0 amide bonds. The zero-order valence-corrected chi connectivity index (χ0v) is 8.22. The van der Waals surface area contributed by atoms with Crippen LogP contribution in [0.5, 0.6) is 0 Å². The van der Waals surface area contributed by atoms with E-state index in [1.807, 2.05) is 0 Å². The maximum Gasteiger partial charge on any atom is 0.356 e. The van der Waals surface area contributed by atoms with Gasteiger partial charge in [0.15, 0.2) is 5.69 Å². The standard InChI is InChI=1S/C6H5BrN2O2.ClH/c7-3-1-4(8)5(6(10)11)9-2-3;/h1-2H,8H2,(H,10,11);1H. The lowest BCUT2D eigenvalue weighted by molar-refractivity contribution is 0.0692. The van der Waals surface area contributed by atoms with Crippen molar-refractivity contribution in [1.29, 1.82) is 0 Å². The molecule has 1 heterocycles. The van der Waals surface area contributed by atoms with Crippen LogP contribution in [-0.4, -0.2) is 16.1 Å². The van der Waals surface area contributed by atoms with E-state index < -0.39 is 5.97 Å². The fraction of sp³-hybridized carbons (Fsp3) is 0. The number of nitrogens with zero attached hydrogens (tertiary/aromatic N) is 1. The van der Waals surface area contributed by atoms with Crippen LogP contribution < -0.4 is 5.73 Å². The highest BCUT2D eigenvalue weighted by molar-refractivity contribution is 9.10. The molecule has 6 heteroatoms. The van der Waals surface area contributed by atoms with E-state index in [1.165, 1.54) is 12.3 Å². The van der Waals surface area contributed by atoms with Crippen molar-refractivity contribution in [2.24, 2.45) is 0 Å². The van der Waals surface area contributed by atoms with Crippen LogP contribution in [-0.2, 0) is 0 Å². The van der Waals surface area contributed by atoms with E-state index in [2.05, 4.69) is 20.9 Å². The number of pyridine rings is 1. The topological polar surface area (TPSA) is 76.2 Å². The van der Waals surface area contributed by atoms with E-state index >= 15 is 0 Å². The van der Waals surface area contributed by atoms with Crippen molar-refractivity contribution in [3.63, 3.8) is 0 Å². The Morgan fingerprint density at radius 1 is 1.67 bits per heavy atom. The van der Waals surface area contributed by atoms with Crippen molar-refractivity contribution in [3.8, 4) is 0 Å². The van der Waals surface area contributed by atoms with E-state index in [4.69, 9.17) is 10.8 Å². The molecule has 3 N–H and O–H groups in total. The number of carboxylic acid groups (broad SMARTS) is 1. The Labute approximate surface area is 83.3 Å². The number of hydrogen-bond donors (Lipinski definition) is 2. The number of aromatic nitrogens is 1. The number of halogens is 2. The summed E-state index contributed by atoms with van der Waals surface area (Å²) in [4.78, 5) is 14.0. The molecule has 1 aromatic rings. The molecule has 0 aliphatic heterocycles. The van der Waals surface area contributed by atoms with Gasteiger partial charge in [0.05, 0.1) is 5.69 Å². The molecular formula is C6H6BrClN2O2. The molecule has 0 saturated carbocycles. The molecule has 1 aromatic heterocycles. The summed E-state index contributed by atoms with van der Waals surface area (Å²) in [5, 5.41) is 8.50. The smallest absolute Gasteiger partial charge is 0.356 e. The lowest BCUT2D eigenvalue weighted by atomic mass is 10.3. The van der Waals surface area contributed by atoms with Crippen LogP contribution in [0.15, 0.2) is 16.7 Å². The normalized spacial score (nSPS) is 8.75. The number of rotatable bonds is 1. The van der Waals surface area contributed by atoms with E-state index in [1.54, 1.807) is 0 Å². The van der Waals surface area contributed by atoms with Gasteiger partial charge in [-0.2, -0.15) is 0 Å². The number of aromatic carboxylic acids is 1. The first kappa shape index (κ1) is 11.2. The fourth-order valence-electron chi connectivity index (χ4n) is 0.634. The van der Waals surface area contributed by atoms with Gasteiger partial charge in [0.2, 0.25) is 0 Å². The zero-order valence-electron chi connectivity index (χ0n) is 5.82. The number of nitrogens with two attached hydrogens (primary N) is 1. The Bertz CT molecular complexity index is 306. The Morgan fingerprint density at radius 2 is 2.25 bits per heavy atom. The second-order valence-corrected chi connectivity index (χ2v) is 2.81. The molecule has 0 atom stereocenters. The maximum atomic E-state index is 10.4. The van der Waals surface area contributed by atoms with Crippen LogP contribution in [0.25, 0.3) is 0 Å². The van der Waals surface area contributed by atoms with Gasteiger partial charge in [0, 0.05) is 10.7 Å². The molecule has 0 bridgehead atoms. The van der Waals surface area contributed by atoms with E-state index in [0.717, 1.165) is 0 Å². The largest absolute Gasteiger partial charge is 0.476 e. The molecule has 66 valence electrons. The average Bonchev–Trinajstić information content (AvgIpc) is 1.85. The molecule has 0 unspecified atom stereocenters. The summed E-state index contributed by atoms with van der Waals surface area (Å²) < 4.78 is 0.667. The van der Waals surface area contributed by atoms with Gasteiger partial charge in [0.1, 0.15) is 0 Å². The van der Waals surface area contributed by atoms with Crippen molar-refractivity contribution >= 4 is 40.0 Å². The monoisotopic (exact) mass is 252 g/mol. The third kappa shape index (κ3) is 2.35. The summed E-state index contributed by atoms with van der Waals surface area (Å²) in [6.07, 6.45) is 1.39. The first-order chi connectivity index (χ1) is 5.11. The Balaban J connectivity index is 0.00000121. The molecule has 4 nitrogen and oxygen atoms in total. The molecule has 0 aliphatic rings. The maximum absolute atomic E-state index is 10.4. The summed E-state index contributed by atoms with van der Waals surface area (Å²) >= 11 is 3.11. The number of hydrogen-bond acceptors (Lipinski definition) is 3. The number of carbonyl (C=O) groups is 1. The highest BCUT2D eigenvalue weighted by Crippen LogP contribution is 2.15. The van der Waals surface area contributed by atoms with Gasteiger partial charge in [-0.1, -0.05) is 0 Å². The number of nitrogen functional groups attached to an aromatic ring is 1. The van der Waals surface area contributed by atoms with Gasteiger partial charge in [-0.25, -0.2) is 9.78 Å². The Hall–Kier alpha value is -0.810. The van der Waals surface area contributed by atoms with Crippen LogP contribution >= 0.6 is 28.3 Å². The van der Waals surface area contributed by atoms with Gasteiger partial charge in [0.25, 0.3) is 0 Å². The minimum Gasteiger partial charge on any atom is -0.476 e. The zero-order chi connectivity index (χ0) is 8.43. The van der Waals surface area contributed by atoms with Crippen LogP contribution in [0.4, 0.5) is 5.69 Å². The minimum absolute atomic E-state index is 0. The van der Waals surface area contributed by atoms with Crippen LogP contribution in [0.1, 0.15) is 10.5 Å². The van der Waals surface area contributed by atoms with Crippen molar-refractivity contribution in [2.45, 2.75) is 0 Å². The lowest BCUT2D eigenvalue weighted by Crippen LogP contribution is -2.04. The van der Waals surface area contributed by atoms with E-state index in [-0.39, 0.29) is 23.8 Å². The van der Waals surface area contributed by atoms with Crippen molar-refractivity contribution < 1.29 is 9.90 Å². The summed E-state index contributed by atoms with van der Waals surface area (Å²) in [6, 6.07) is 1.50. The molecule has 0 fully saturated rings. The molecule has 0 saturated heterocycles. The summed E-state index contributed by atoms with van der Waals surface area (Å²) in [7, 11) is 0. The van der Waals surface area contributed by atoms with Gasteiger partial charge in [-0.3, -0.25) is 0 Å². The SMILES string of the molecule is Cl.Nc1cc(Br)cnc1C(=O)O. The van der Waals surface area contributed by atoms with Gasteiger partial charge < -0.3 is 10.8 Å². The second-order valence-electron chi connectivity index (χ2n) is 1.90. The van der Waals surface area contributed by atoms with Gasteiger partial charge >= 0.3 is 5.97 Å². The highest BCUT2D eigenvalue weighted by Gasteiger charge is 2.08. The third-order valence-electron chi connectivity index (χ3n) is 1.09. The van der Waals surface area contributed by atoms with E-state index in [0.29, 0.717) is 4.47 Å². The first-order valence-electron chi connectivity index (χ1n) is 2.75. The lowest BCUT2D eigenvalue weighted by Gasteiger charge is -1.98. The molecule has 12 heavy (non-hydrogen) atoms. The van der Waals surface area contributed by atoms with Crippen molar-refractivity contribution in [2.75, 3.05) is 5.73 Å². The summed E-state index contributed by atoms with van der Waals surface area (Å²) in [5.74, 6) is -1.12. The van der Waals surface area contributed by atoms with Crippen molar-refractivity contribution in [1.82, 2.24) is 4.98 Å². The predicted octanol–water partition coefficient (Wildman–Crippen LogP) is 1.55. The van der Waals surface area contributed by atoms with Crippen molar-refractivity contribution in [3.05, 3.63) is 22.4 Å². The molecule has 1 rings (SSSR count). The van der Waals surface area contributed by atoms with Gasteiger partial charge in [-0.15, -0.1) is 12.4 Å². The Morgan fingerprint density at radius 3 is 2.67 bits per heavy atom. The number of carboxylic acids is 1. The summed E-state index contributed by atoms with van der Waals surface area (Å²) in [6.45, 7) is 0. The predicted molar refractivity (Wildman–Crippen MR) is 50.6 cm³/mol. The van der Waals surface area contributed by atoms with Crippen LogP contribution in [0.3, 0.4) is 0 Å². The first-order valence-corrected chi connectivity index (χ1v) is 3.55. The average molecular weight is 253 g/mol. The second kappa shape index (κ2) is 4.27. The molecule has 0 radical (unpaired) electrons.